The monoisotopic (exact) mass is 308 g/mol. The van der Waals surface area contributed by atoms with Gasteiger partial charge in [-0.05, 0) is 52.6 Å². The van der Waals surface area contributed by atoms with E-state index in [1.807, 2.05) is 12.1 Å². The van der Waals surface area contributed by atoms with Crippen LogP contribution in [-0.2, 0) is 0 Å². The zero-order valence-corrected chi connectivity index (χ0v) is 13.4. The maximum absolute atomic E-state index is 6.06. The molecule has 1 heterocycles. The van der Waals surface area contributed by atoms with Gasteiger partial charge in [0.1, 0.15) is 11.2 Å². The third kappa shape index (κ3) is 1.95. The second-order valence-electron chi connectivity index (χ2n) is 6.34. The Morgan fingerprint density at radius 3 is 2.29 bits per heavy atom. The minimum atomic E-state index is 0.943. The fourth-order valence-electron chi connectivity index (χ4n) is 3.59. The third-order valence-corrected chi connectivity index (χ3v) is 4.70. The van der Waals surface area contributed by atoms with Crippen molar-refractivity contribution < 1.29 is 4.42 Å². The number of para-hydroxylation sites is 1. The van der Waals surface area contributed by atoms with Crippen LogP contribution in [0.2, 0.25) is 0 Å². The van der Waals surface area contributed by atoms with E-state index in [4.69, 9.17) is 4.42 Å². The van der Waals surface area contributed by atoms with Crippen molar-refractivity contribution in [3.8, 4) is 11.1 Å². The van der Waals surface area contributed by atoms with E-state index in [0.29, 0.717) is 0 Å². The number of rotatable bonds is 1. The van der Waals surface area contributed by atoms with Crippen LogP contribution in [0.1, 0.15) is 5.56 Å². The topological polar surface area (TPSA) is 13.1 Å². The van der Waals surface area contributed by atoms with E-state index < -0.39 is 0 Å². The fraction of sp³-hybridized carbons (Fsp3) is 0.0435. The van der Waals surface area contributed by atoms with Gasteiger partial charge in [0.15, 0.2) is 0 Å². The standard InChI is InChI=1S/C23H16O/c1-15-12-16-6-2-3-7-18(16)21(13-15)17-10-11-20-19-8-4-5-9-22(19)24-23(20)14-17/h2-14H,1H3. The van der Waals surface area contributed by atoms with Crippen LogP contribution >= 0.6 is 0 Å². The van der Waals surface area contributed by atoms with Crippen molar-refractivity contribution in [1.29, 1.82) is 0 Å². The summed E-state index contributed by atoms with van der Waals surface area (Å²) in [6.45, 7) is 2.15. The molecular weight excluding hydrogens is 292 g/mol. The van der Waals surface area contributed by atoms with E-state index in [9.17, 15) is 0 Å². The predicted octanol–water partition coefficient (Wildman–Crippen LogP) is 6.71. The Bertz CT molecular complexity index is 1210. The molecule has 0 N–H and O–H groups in total. The molecular formula is C23H16O. The van der Waals surface area contributed by atoms with Crippen molar-refractivity contribution >= 4 is 32.7 Å². The lowest BCUT2D eigenvalue weighted by Crippen LogP contribution is -1.84. The summed E-state index contributed by atoms with van der Waals surface area (Å²) < 4.78 is 6.06. The van der Waals surface area contributed by atoms with Gasteiger partial charge in [-0.2, -0.15) is 0 Å². The van der Waals surface area contributed by atoms with Gasteiger partial charge in [-0.15, -0.1) is 0 Å². The summed E-state index contributed by atoms with van der Waals surface area (Å²) in [7, 11) is 0. The number of hydrogen-bond acceptors (Lipinski definition) is 1. The van der Waals surface area contributed by atoms with Crippen LogP contribution < -0.4 is 0 Å². The van der Waals surface area contributed by atoms with Crippen LogP contribution in [0.25, 0.3) is 43.8 Å². The van der Waals surface area contributed by atoms with Crippen molar-refractivity contribution in [2.45, 2.75) is 6.92 Å². The normalized spacial score (nSPS) is 11.5. The summed E-state index contributed by atoms with van der Waals surface area (Å²) in [5.41, 5.74) is 5.61. The van der Waals surface area contributed by atoms with Crippen LogP contribution in [0, 0.1) is 6.92 Å². The molecule has 0 unspecified atom stereocenters. The van der Waals surface area contributed by atoms with Gasteiger partial charge in [0.25, 0.3) is 0 Å². The number of fused-ring (bicyclic) bond motifs is 4. The highest BCUT2D eigenvalue weighted by molar-refractivity contribution is 6.07. The summed E-state index contributed by atoms with van der Waals surface area (Å²) in [4.78, 5) is 0. The summed E-state index contributed by atoms with van der Waals surface area (Å²) in [6.07, 6.45) is 0. The summed E-state index contributed by atoms with van der Waals surface area (Å²) >= 11 is 0. The van der Waals surface area contributed by atoms with Crippen LogP contribution in [0.5, 0.6) is 0 Å². The Morgan fingerprint density at radius 1 is 0.625 bits per heavy atom. The second-order valence-corrected chi connectivity index (χ2v) is 6.34. The lowest BCUT2D eigenvalue weighted by Gasteiger charge is -2.09. The fourth-order valence-corrected chi connectivity index (χ4v) is 3.59. The molecule has 0 fully saturated rings. The molecule has 24 heavy (non-hydrogen) atoms. The van der Waals surface area contributed by atoms with E-state index in [-0.39, 0.29) is 0 Å². The van der Waals surface area contributed by atoms with Gasteiger partial charge in [-0.1, -0.05) is 60.7 Å². The lowest BCUT2D eigenvalue weighted by atomic mass is 9.95. The first kappa shape index (κ1) is 13.4. The smallest absolute Gasteiger partial charge is 0.136 e. The highest BCUT2D eigenvalue weighted by Gasteiger charge is 2.10. The number of benzene rings is 4. The SMILES string of the molecule is Cc1cc(-c2ccc3c(c2)oc2ccccc23)c2ccccc2c1. The molecule has 0 bridgehead atoms. The van der Waals surface area contributed by atoms with Crippen molar-refractivity contribution in [2.75, 3.05) is 0 Å². The summed E-state index contributed by atoms with van der Waals surface area (Å²) in [5.74, 6) is 0. The maximum Gasteiger partial charge on any atom is 0.136 e. The Morgan fingerprint density at radius 2 is 1.38 bits per heavy atom. The zero-order chi connectivity index (χ0) is 16.1. The molecule has 5 rings (SSSR count). The van der Waals surface area contributed by atoms with Crippen molar-refractivity contribution in [3.63, 3.8) is 0 Å². The van der Waals surface area contributed by atoms with Gasteiger partial charge in [-0.3, -0.25) is 0 Å². The minimum Gasteiger partial charge on any atom is -0.456 e. The van der Waals surface area contributed by atoms with Crippen LogP contribution in [0.4, 0.5) is 0 Å². The molecule has 0 amide bonds. The van der Waals surface area contributed by atoms with Crippen LogP contribution in [0.15, 0.2) is 83.3 Å². The highest BCUT2D eigenvalue weighted by atomic mass is 16.3. The van der Waals surface area contributed by atoms with Gasteiger partial charge in [0, 0.05) is 10.8 Å². The second kappa shape index (κ2) is 4.97. The lowest BCUT2D eigenvalue weighted by molar-refractivity contribution is 0.669. The summed E-state index contributed by atoms with van der Waals surface area (Å²) in [5, 5.41) is 4.90. The molecule has 1 aromatic heterocycles. The molecule has 0 atom stereocenters. The van der Waals surface area contributed by atoms with Crippen molar-refractivity contribution in [3.05, 3.63) is 84.4 Å². The molecule has 0 saturated heterocycles. The first-order chi connectivity index (χ1) is 11.8. The van der Waals surface area contributed by atoms with E-state index in [1.54, 1.807) is 0 Å². The largest absolute Gasteiger partial charge is 0.456 e. The van der Waals surface area contributed by atoms with E-state index in [2.05, 4.69) is 73.7 Å². The van der Waals surface area contributed by atoms with Gasteiger partial charge < -0.3 is 4.42 Å². The third-order valence-electron chi connectivity index (χ3n) is 4.70. The first-order valence-corrected chi connectivity index (χ1v) is 8.21. The zero-order valence-electron chi connectivity index (χ0n) is 13.4. The van der Waals surface area contributed by atoms with Gasteiger partial charge in [0.2, 0.25) is 0 Å². The number of furan rings is 1. The van der Waals surface area contributed by atoms with Crippen molar-refractivity contribution in [2.24, 2.45) is 0 Å². The molecule has 1 heteroatoms. The molecule has 0 spiro atoms. The van der Waals surface area contributed by atoms with Crippen LogP contribution in [-0.4, -0.2) is 0 Å². The molecule has 0 aliphatic rings. The molecule has 0 saturated carbocycles. The molecule has 114 valence electrons. The predicted molar refractivity (Wildman–Crippen MR) is 101 cm³/mol. The minimum absolute atomic E-state index is 0.943. The van der Waals surface area contributed by atoms with Gasteiger partial charge in [0.05, 0.1) is 0 Å². The molecule has 0 aliphatic heterocycles. The Kier molecular flexibility index (Phi) is 2.77. The van der Waals surface area contributed by atoms with Crippen molar-refractivity contribution in [1.82, 2.24) is 0 Å². The summed E-state index contributed by atoms with van der Waals surface area (Å²) in [6, 6.07) is 27.8. The Balaban J connectivity index is 1.82. The highest BCUT2D eigenvalue weighted by Crippen LogP contribution is 2.35. The average Bonchev–Trinajstić information content (AvgIpc) is 2.98. The molecule has 0 radical (unpaired) electrons. The number of aryl methyl sites for hydroxylation is 1. The van der Waals surface area contributed by atoms with Gasteiger partial charge >= 0.3 is 0 Å². The maximum atomic E-state index is 6.06. The molecule has 5 aromatic rings. The van der Waals surface area contributed by atoms with E-state index >= 15 is 0 Å². The average molecular weight is 308 g/mol. The van der Waals surface area contributed by atoms with Gasteiger partial charge in [-0.25, -0.2) is 0 Å². The Hall–Kier alpha value is -3.06. The van der Waals surface area contributed by atoms with E-state index in [1.165, 1.54) is 38.2 Å². The van der Waals surface area contributed by atoms with E-state index in [0.717, 1.165) is 11.2 Å². The quantitative estimate of drug-likeness (QED) is 0.335. The molecule has 0 aliphatic carbocycles. The van der Waals surface area contributed by atoms with Crippen LogP contribution in [0.3, 0.4) is 0 Å². The number of hydrogen-bond donors (Lipinski definition) is 0. The first-order valence-electron chi connectivity index (χ1n) is 8.21. The molecule has 4 aromatic carbocycles. The Labute approximate surface area is 140 Å². The molecule has 1 nitrogen and oxygen atoms in total.